The maximum atomic E-state index is 13.7. The van der Waals surface area contributed by atoms with E-state index < -0.39 is 10.0 Å². The van der Waals surface area contributed by atoms with Gasteiger partial charge in [0.25, 0.3) is 10.0 Å². The second-order valence-electron chi connectivity index (χ2n) is 9.05. The number of fused-ring (bicyclic) bond motifs is 4. The van der Waals surface area contributed by atoms with E-state index in [0.29, 0.717) is 16.5 Å². The first kappa shape index (κ1) is 20.4. The summed E-state index contributed by atoms with van der Waals surface area (Å²) in [6, 6.07) is 20.8. The highest BCUT2D eigenvalue weighted by Gasteiger charge is 2.49. The highest BCUT2D eigenvalue weighted by atomic mass is 35.5. The Hall–Kier alpha value is -2.50. The van der Waals surface area contributed by atoms with Crippen LogP contribution < -0.4 is 9.62 Å². The zero-order chi connectivity index (χ0) is 22.0. The minimum atomic E-state index is -3.70. The van der Waals surface area contributed by atoms with Gasteiger partial charge in [0, 0.05) is 23.2 Å². The van der Waals surface area contributed by atoms with Gasteiger partial charge in [0.15, 0.2) is 0 Å². The van der Waals surface area contributed by atoms with E-state index >= 15 is 0 Å². The fourth-order valence-electron chi connectivity index (χ4n) is 5.01. The largest absolute Gasteiger partial charge is 0.378 e. The molecule has 0 saturated carbocycles. The second-order valence-corrected chi connectivity index (χ2v) is 11.3. The lowest BCUT2D eigenvalue weighted by Gasteiger charge is -2.51. The molecule has 0 radical (unpaired) electrons. The molecule has 3 aromatic carbocycles. The van der Waals surface area contributed by atoms with Crippen molar-refractivity contribution in [3.05, 3.63) is 88.4 Å². The number of benzene rings is 3. The Morgan fingerprint density at radius 2 is 1.74 bits per heavy atom. The topological polar surface area (TPSA) is 49.4 Å². The van der Waals surface area contributed by atoms with Crippen LogP contribution in [0.3, 0.4) is 0 Å². The van der Waals surface area contributed by atoms with Gasteiger partial charge < -0.3 is 5.32 Å². The second kappa shape index (κ2) is 7.01. The Morgan fingerprint density at radius 1 is 1.03 bits per heavy atom. The first-order chi connectivity index (χ1) is 14.7. The van der Waals surface area contributed by atoms with Crippen LogP contribution in [0.2, 0.25) is 5.02 Å². The molecule has 0 saturated heterocycles. The normalized spacial score (nSPS) is 21.5. The maximum Gasteiger partial charge on any atom is 0.264 e. The third kappa shape index (κ3) is 3.14. The number of halogens is 1. The molecule has 6 heteroatoms. The monoisotopic (exact) mass is 452 g/mol. The summed E-state index contributed by atoms with van der Waals surface area (Å²) in [6.45, 7) is 6.72. The standard InChI is InChI=1S/C25H25ClN2O2S/c1-16-8-11-18(12-9-16)31(29,30)28-15-21-24(19-6-4-5-7-23(19)28)27-22-13-10-17(26)14-20(22)25(21,2)3/h4-14,21,24,27H,15H2,1-3H3/t21-,24+/m1/s1. The Balaban J connectivity index is 1.67. The summed E-state index contributed by atoms with van der Waals surface area (Å²) in [4.78, 5) is 0.316. The minimum Gasteiger partial charge on any atom is -0.378 e. The molecule has 5 rings (SSSR count). The van der Waals surface area contributed by atoms with Crippen molar-refractivity contribution in [2.24, 2.45) is 5.92 Å². The van der Waals surface area contributed by atoms with Gasteiger partial charge in [-0.15, -0.1) is 0 Å². The lowest BCUT2D eigenvalue weighted by Crippen LogP contribution is -2.52. The van der Waals surface area contributed by atoms with E-state index in [1.165, 1.54) is 0 Å². The summed E-state index contributed by atoms with van der Waals surface area (Å²) < 4.78 is 29.1. The molecule has 2 aliphatic rings. The lowest BCUT2D eigenvalue weighted by molar-refractivity contribution is 0.269. The third-order valence-corrected chi connectivity index (χ3v) is 8.86. The van der Waals surface area contributed by atoms with Crippen LogP contribution in [0, 0.1) is 12.8 Å². The minimum absolute atomic E-state index is 0.0179. The van der Waals surface area contributed by atoms with Crippen molar-refractivity contribution in [2.75, 3.05) is 16.2 Å². The Bertz CT molecular complexity index is 1270. The molecule has 0 fully saturated rings. The fourth-order valence-corrected chi connectivity index (χ4v) is 6.70. The summed E-state index contributed by atoms with van der Waals surface area (Å²) in [5.74, 6) is 0.0357. The molecule has 0 aliphatic carbocycles. The molecule has 0 unspecified atom stereocenters. The Labute approximate surface area is 188 Å². The van der Waals surface area contributed by atoms with Crippen molar-refractivity contribution in [1.29, 1.82) is 0 Å². The van der Waals surface area contributed by atoms with Gasteiger partial charge in [-0.1, -0.05) is 61.3 Å². The van der Waals surface area contributed by atoms with E-state index in [1.54, 1.807) is 16.4 Å². The predicted molar refractivity (Wildman–Crippen MR) is 126 cm³/mol. The van der Waals surface area contributed by atoms with Gasteiger partial charge in [-0.2, -0.15) is 0 Å². The molecule has 2 atom stereocenters. The summed E-state index contributed by atoms with van der Waals surface area (Å²) in [6.07, 6.45) is 0. The highest BCUT2D eigenvalue weighted by Crippen LogP contribution is 2.53. The van der Waals surface area contributed by atoms with Crippen LogP contribution >= 0.6 is 11.6 Å². The average molecular weight is 453 g/mol. The van der Waals surface area contributed by atoms with Crippen molar-refractivity contribution in [3.8, 4) is 0 Å². The van der Waals surface area contributed by atoms with Crippen molar-refractivity contribution >= 4 is 33.0 Å². The molecular weight excluding hydrogens is 428 g/mol. The van der Waals surface area contributed by atoms with Crippen LogP contribution in [0.15, 0.2) is 71.6 Å². The molecule has 4 nitrogen and oxygen atoms in total. The van der Waals surface area contributed by atoms with Crippen LogP contribution in [0.5, 0.6) is 0 Å². The maximum absolute atomic E-state index is 13.7. The van der Waals surface area contributed by atoms with Crippen LogP contribution in [0.25, 0.3) is 0 Å². The molecular formula is C25H25ClN2O2S. The number of nitrogens with zero attached hydrogens (tertiary/aromatic N) is 1. The zero-order valence-electron chi connectivity index (χ0n) is 17.8. The van der Waals surface area contributed by atoms with Gasteiger partial charge in [0.1, 0.15) is 0 Å². The quantitative estimate of drug-likeness (QED) is 0.525. The van der Waals surface area contributed by atoms with Crippen LogP contribution in [0.1, 0.15) is 36.6 Å². The van der Waals surface area contributed by atoms with E-state index in [9.17, 15) is 8.42 Å². The fraction of sp³-hybridized carbons (Fsp3) is 0.280. The molecule has 3 aromatic rings. The van der Waals surface area contributed by atoms with E-state index in [0.717, 1.165) is 28.1 Å². The van der Waals surface area contributed by atoms with Crippen molar-refractivity contribution in [1.82, 2.24) is 0 Å². The van der Waals surface area contributed by atoms with Gasteiger partial charge in [-0.3, -0.25) is 4.31 Å². The van der Waals surface area contributed by atoms with E-state index in [2.05, 4.69) is 19.2 Å². The molecule has 0 amide bonds. The van der Waals surface area contributed by atoms with Crippen LogP contribution in [0.4, 0.5) is 11.4 Å². The van der Waals surface area contributed by atoms with Crippen molar-refractivity contribution < 1.29 is 8.42 Å². The van der Waals surface area contributed by atoms with Crippen molar-refractivity contribution in [3.63, 3.8) is 0 Å². The SMILES string of the molecule is Cc1ccc(S(=O)(=O)N2C[C@@H]3[C@@H](Nc4ccc(Cl)cc4C3(C)C)c3ccccc32)cc1. The highest BCUT2D eigenvalue weighted by molar-refractivity contribution is 7.92. The molecule has 0 aromatic heterocycles. The number of para-hydroxylation sites is 1. The summed E-state index contributed by atoms with van der Waals surface area (Å²) >= 11 is 6.32. The molecule has 1 N–H and O–H groups in total. The Morgan fingerprint density at radius 3 is 2.48 bits per heavy atom. The first-order valence-corrected chi connectivity index (χ1v) is 12.3. The van der Waals surface area contributed by atoms with E-state index in [-0.39, 0.29) is 17.4 Å². The summed E-state index contributed by atoms with van der Waals surface area (Å²) in [7, 11) is -3.70. The smallest absolute Gasteiger partial charge is 0.264 e. The number of hydrogen-bond acceptors (Lipinski definition) is 3. The predicted octanol–water partition coefficient (Wildman–Crippen LogP) is 5.92. The van der Waals surface area contributed by atoms with E-state index in [1.807, 2.05) is 61.5 Å². The van der Waals surface area contributed by atoms with Gasteiger partial charge in [0.05, 0.1) is 16.6 Å². The first-order valence-electron chi connectivity index (χ1n) is 10.4. The summed E-state index contributed by atoms with van der Waals surface area (Å²) in [5, 5.41) is 4.36. The van der Waals surface area contributed by atoms with Gasteiger partial charge >= 0.3 is 0 Å². The van der Waals surface area contributed by atoms with Gasteiger partial charge in [-0.25, -0.2) is 8.42 Å². The number of anilines is 2. The third-order valence-electron chi connectivity index (χ3n) is 6.83. The number of nitrogens with one attached hydrogen (secondary N) is 1. The molecule has 2 aliphatic heterocycles. The van der Waals surface area contributed by atoms with E-state index in [4.69, 9.17) is 11.6 Å². The summed E-state index contributed by atoms with van der Waals surface area (Å²) in [5.41, 5.74) is 4.68. The van der Waals surface area contributed by atoms with Gasteiger partial charge in [-0.05, 0) is 59.9 Å². The molecule has 0 spiro atoms. The van der Waals surface area contributed by atoms with Crippen molar-refractivity contribution in [2.45, 2.75) is 37.1 Å². The number of hydrogen-bond donors (Lipinski definition) is 1. The Kier molecular flexibility index (Phi) is 4.61. The average Bonchev–Trinajstić information content (AvgIpc) is 2.74. The molecule has 0 bridgehead atoms. The van der Waals surface area contributed by atoms with Crippen LogP contribution in [-0.4, -0.2) is 15.0 Å². The molecule has 160 valence electrons. The number of aryl methyl sites for hydroxylation is 1. The zero-order valence-corrected chi connectivity index (χ0v) is 19.3. The molecule has 31 heavy (non-hydrogen) atoms. The lowest BCUT2D eigenvalue weighted by atomic mass is 9.64. The van der Waals surface area contributed by atoms with Crippen LogP contribution in [-0.2, 0) is 15.4 Å². The van der Waals surface area contributed by atoms with Gasteiger partial charge in [0.2, 0.25) is 0 Å². The number of sulfonamides is 1. The number of rotatable bonds is 2. The molecule has 2 heterocycles.